The maximum absolute atomic E-state index is 13.2. The summed E-state index contributed by atoms with van der Waals surface area (Å²) in [5.74, 6) is 0. The van der Waals surface area contributed by atoms with Crippen LogP contribution in [-0.2, 0) is 6.18 Å². The van der Waals surface area contributed by atoms with Gasteiger partial charge in [-0.1, -0.05) is 17.7 Å². The number of carbonyl (C=O) groups excluding carboxylic acids is 1. The Morgan fingerprint density at radius 1 is 1.00 bits per heavy atom. The summed E-state index contributed by atoms with van der Waals surface area (Å²) in [5, 5.41) is 5.04. The van der Waals surface area contributed by atoms with Gasteiger partial charge in [-0.15, -0.1) is 0 Å². The Kier molecular flexibility index (Phi) is 4.89. The molecule has 0 aliphatic rings. The number of benzene rings is 2. The fourth-order valence-corrected chi connectivity index (χ4v) is 2.49. The molecule has 2 amide bonds. The van der Waals surface area contributed by atoms with E-state index in [2.05, 4.69) is 15.6 Å². The number of alkyl halides is 3. The normalized spacial score (nSPS) is 11.3. The van der Waals surface area contributed by atoms with E-state index in [1.54, 1.807) is 25.3 Å². The second-order valence-corrected chi connectivity index (χ2v) is 6.13. The summed E-state index contributed by atoms with van der Waals surface area (Å²) in [4.78, 5) is 16.2. The van der Waals surface area contributed by atoms with Crippen LogP contribution in [-0.4, -0.2) is 15.6 Å². The molecule has 0 aliphatic heterocycles. The molecule has 0 bridgehead atoms. The molecule has 1 heterocycles. The van der Waals surface area contributed by atoms with E-state index in [-0.39, 0.29) is 11.4 Å². The van der Waals surface area contributed by atoms with Gasteiger partial charge in [0.15, 0.2) is 0 Å². The number of nitrogens with zero attached hydrogens (tertiary/aromatic N) is 2. The summed E-state index contributed by atoms with van der Waals surface area (Å²) in [7, 11) is 0. The van der Waals surface area contributed by atoms with Gasteiger partial charge in [-0.2, -0.15) is 13.2 Å². The molecule has 27 heavy (non-hydrogen) atoms. The average Bonchev–Trinajstić information content (AvgIpc) is 3.02. The number of aromatic nitrogens is 2. The molecule has 0 spiro atoms. The van der Waals surface area contributed by atoms with Crippen molar-refractivity contribution < 1.29 is 18.0 Å². The van der Waals surface area contributed by atoms with Crippen LogP contribution in [0.25, 0.3) is 5.69 Å². The Morgan fingerprint density at radius 2 is 1.67 bits per heavy atom. The van der Waals surface area contributed by atoms with Crippen molar-refractivity contribution >= 4 is 17.4 Å². The molecule has 1 aromatic heterocycles. The van der Waals surface area contributed by atoms with Gasteiger partial charge < -0.3 is 15.2 Å². The zero-order valence-corrected chi connectivity index (χ0v) is 14.6. The molecule has 2 N–H and O–H groups in total. The maximum atomic E-state index is 13.2. The van der Waals surface area contributed by atoms with Crippen molar-refractivity contribution in [1.29, 1.82) is 0 Å². The Morgan fingerprint density at radius 3 is 2.26 bits per heavy atom. The van der Waals surface area contributed by atoms with Crippen LogP contribution in [0, 0.1) is 13.8 Å². The number of halogens is 3. The first-order valence-corrected chi connectivity index (χ1v) is 8.08. The number of carbonyl (C=O) groups is 1. The van der Waals surface area contributed by atoms with E-state index in [0.717, 1.165) is 17.7 Å². The number of rotatable bonds is 3. The first-order chi connectivity index (χ1) is 12.7. The molecule has 0 aliphatic carbocycles. The zero-order chi connectivity index (χ0) is 19.6. The molecular weight excluding hydrogens is 357 g/mol. The number of anilines is 2. The smallest absolute Gasteiger partial charge is 0.308 e. The molecule has 0 fully saturated rings. The number of urea groups is 1. The van der Waals surface area contributed by atoms with Crippen molar-refractivity contribution in [2.45, 2.75) is 20.0 Å². The Balaban J connectivity index is 1.87. The lowest BCUT2D eigenvalue weighted by atomic mass is 10.1. The number of aryl methyl sites for hydroxylation is 2. The predicted octanol–water partition coefficient (Wildman–Crippen LogP) is 5.15. The Labute approximate surface area is 153 Å². The van der Waals surface area contributed by atoms with Gasteiger partial charge in [0.2, 0.25) is 0 Å². The van der Waals surface area contributed by atoms with Gasteiger partial charge in [0.25, 0.3) is 0 Å². The van der Waals surface area contributed by atoms with Crippen LogP contribution in [0.4, 0.5) is 29.3 Å². The quantitative estimate of drug-likeness (QED) is 0.666. The topological polar surface area (TPSA) is 59.0 Å². The minimum Gasteiger partial charge on any atom is -0.308 e. The van der Waals surface area contributed by atoms with Crippen LogP contribution >= 0.6 is 0 Å². The molecule has 0 saturated carbocycles. The van der Waals surface area contributed by atoms with Gasteiger partial charge in [0.1, 0.15) is 0 Å². The van der Waals surface area contributed by atoms with Crippen LogP contribution < -0.4 is 10.6 Å². The van der Waals surface area contributed by atoms with Crippen LogP contribution in [0.3, 0.4) is 0 Å². The van der Waals surface area contributed by atoms with E-state index < -0.39 is 17.8 Å². The Hall–Kier alpha value is -3.29. The lowest BCUT2D eigenvalue weighted by molar-refractivity contribution is -0.137. The van der Waals surface area contributed by atoms with Crippen LogP contribution in [0.1, 0.15) is 16.8 Å². The lowest BCUT2D eigenvalue weighted by Gasteiger charge is -2.14. The van der Waals surface area contributed by atoms with Gasteiger partial charge in [-0.3, -0.25) is 0 Å². The van der Waals surface area contributed by atoms with Crippen LogP contribution in [0.5, 0.6) is 0 Å². The lowest BCUT2D eigenvalue weighted by Crippen LogP contribution is -2.20. The summed E-state index contributed by atoms with van der Waals surface area (Å²) in [5.41, 5.74) is 1.64. The summed E-state index contributed by atoms with van der Waals surface area (Å²) in [6.07, 6.45) is -1.53. The molecule has 140 valence electrons. The largest absolute Gasteiger partial charge is 0.416 e. The standard InChI is InChI=1S/C19H17F3N4O/c1-12-3-5-15(6-4-12)24-18(27)25-16-7-14(19(20,21)22)8-17(9-16)26-10-13(2)23-11-26/h3-11H,1-2H3,(H2,24,25,27). The Bertz CT molecular complexity index is 962. The van der Waals surface area contributed by atoms with Crippen molar-refractivity contribution in [3.63, 3.8) is 0 Å². The summed E-state index contributed by atoms with van der Waals surface area (Å²) >= 11 is 0. The third-order valence-electron chi connectivity index (χ3n) is 3.82. The monoisotopic (exact) mass is 374 g/mol. The predicted molar refractivity (Wildman–Crippen MR) is 97.1 cm³/mol. The maximum Gasteiger partial charge on any atom is 0.416 e. The highest BCUT2D eigenvalue weighted by atomic mass is 19.4. The molecule has 0 saturated heterocycles. The van der Waals surface area contributed by atoms with Crippen LogP contribution in [0.15, 0.2) is 55.0 Å². The number of hydrogen-bond acceptors (Lipinski definition) is 2. The third kappa shape index (κ3) is 4.66. The molecular formula is C19H17F3N4O. The van der Waals surface area contributed by atoms with Gasteiger partial charge in [0, 0.05) is 23.3 Å². The van der Waals surface area contributed by atoms with Gasteiger partial charge in [-0.05, 0) is 44.2 Å². The highest BCUT2D eigenvalue weighted by Gasteiger charge is 2.31. The molecule has 0 unspecified atom stereocenters. The van der Waals surface area contributed by atoms with Crippen molar-refractivity contribution in [3.8, 4) is 5.69 Å². The minimum atomic E-state index is -4.55. The fraction of sp³-hybridized carbons (Fsp3) is 0.158. The molecule has 2 aromatic carbocycles. The van der Waals surface area contributed by atoms with E-state index in [0.29, 0.717) is 11.4 Å². The van der Waals surface area contributed by atoms with Gasteiger partial charge in [0.05, 0.1) is 17.6 Å². The molecule has 3 aromatic rings. The van der Waals surface area contributed by atoms with E-state index in [1.807, 2.05) is 19.1 Å². The van der Waals surface area contributed by atoms with Crippen molar-refractivity contribution in [2.24, 2.45) is 0 Å². The molecule has 3 rings (SSSR count). The SMILES string of the molecule is Cc1ccc(NC(=O)Nc2cc(-n3cnc(C)c3)cc(C(F)(F)F)c2)cc1. The van der Waals surface area contributed by atoms with Gasteiger partial charge in [-0.25, -0.2) is 9.78 Å². The number of hydrogen-bond donors (Lipinski definition) is 2. The van der Waals surface area contributed by atoms with E-state index >= 15 is 0 Å². The van der Waals surface area contributed by atoms with E-state index in [4.69, 9.17) is 0 Å². The molecule has 5 nitrogen and oxygen atoms in total. The number of amides is 2. The van der Waals surface area contributed by atoms with E-state index in [9.17, 15) is 18.0 Å². The van der Waals surface area contributed by atoms with Gasteiger partial charge >= 0.3 is 12.2 Å². The molecule has 0 atom stereocenters. The number of imidazole rings is 1. The highest BCUT2D eigenvalue weighted by Crippen LogP contribution is 2.33. The van der Waals surface area contributed by atoms with E-state index in [1.165, 1.54) is 17.0 Å². The first-order valence-electron chi connectivity index (χ1n) is 8.08. The minimum absolute atomic E-state index is 0.0239. The van der Waals surface area contributed by atoms with Crippen molar-refractivity contribution in [2.75, 3.05) is 10.6 Å². The number of nitrogens with one attached hydrogen (secondary N) is 2. The molecule has 0 radical (unpaired) electrons. The summed E-state index contributed by atoms with van der Waals surface area (Å²) in [6, 6.07) is 9.77. The summed E-state index contributed by atoms with van der Waals surface area (Å²) < 4.78 is 41.2. The second-order valence-electron chi connectivity index (χ2n) is 6.13. The fourth-order valence-electron chi connectivity index (χ4n) is 2.49. The highest BCUT2D eigenvalue weighted by molar-refractivity contribution is 6.00. The first kappa shape index (κ1) is 18.5. The summed E-state index contributed by atoms with van der Waals surface area (Å²) in [6.45, 7) is 3.64. The van der Waals surface area contributed by atoms with Crippen molar-refractivity contribution in [1.82, 2.24) is 9.55 Å². The molecule has 8 heteroatoms. The third-order valence-corrected chi connectivity index (χ3v) is 3.82. The van der Waals surface area contributed by atoms with Crippen LogP contribution in [0.2, 0.25) is 0 Å². The average molecular weight is 374 g/mol. The second kappa shape index (κ2) is 7.14. The zero-order valence-electron chi connectivity index (χ0n) is 14.6. The van der Waals surface area contributed by atoms with Crippen molar-refractivity contribution in [3.05, 3.63) is 71.8 Å².